The Morgan fingerprint density at radius 1 is 0.720 bits per heavy atom. The number of aliphatic hydroxyl groups is 6. The van der Waals surface area contributed by atoms with Gasteiger partial charge in [-0.05, 0) is 141 Å². The molecule has 0 saturated carbocycles. The van der Waals surface area contributed by atoms with E-state index in [0.29, 0.717) is 36.7 Å². The molecule has 2 saturated heterocycles. The third-order valence-electron chi connectivity index (χ3n) is 20.8. The number of benzene rings is 6. The van der Waals surface area contributed by atoms with Crippen molar-refractivity contribution in [1.29, 1.82) is 0 Å². The average molecular weight is 1680 g/mol. The van der Waals surface area contributed by atoms with Crippen molar-refractivity contribution < 1.29 is 127 Å². The number of amides is 7. The van der Waals surface area contributed by atoms with Gasteiger partial charge in [-0.25, -0.2) is 4.79 Å². The van der Waals surface area contributed by atoms with Gasteiger partial charge in [0.15, 0.2) is 41.4 Å². The van der Waals surface area contributed by atoms with Gasteiger partial charge in [-0.2, -0.15) is 0 Å². The monoisotopic (exact) mass is 1680 g/mol. The van der Waals surface area contributed by atoms with E-state index in [0.717, 1.165) is 79.6 Å². The number of phenols is 3. The number of ether oxygens (including phenoxy) is 8. The second kappa shape index (κ2) is 38.0. The number of aliphatic carboxylic acids is 1. The van der Waals surface area contributed by atoms with Crippen molar-refractivity contribution in [2.75, 3.05) is 26.9 Å². The Kier molecular flexibility index (Phi) is 28.4. The topological polar surface area (TPSA) is 535 Å². The van der Waals surface area contributed by atoms with Gasteiger partial charge in [0.1, 0.15) is 89.5 Å². The van der Waals surface area contributed by atoms with Crippen molar-refractivity contribution in [2.45, 2.75) is 189 Å². The molecule has 0 aliphatic carbocycles. The molecule has 7 aliphatic rings. The number of rotatable bonds is 24. The Labute approximate surface area is 686 Å². The summed E-state index contributed by atoms with van der Waals surface area (Å²) in [5.74, 6) is -15.1. The number of aliphatic hydroxyl groups excluding tert-OH is 6. The largest absolute Gasteiger partial charge is 0.508 e. The van der Waals surface area contributed by atoms with E-state index in [1.165, 1.54) is 19.2 Å². The SMILES string of the molecule is C=CCCOc1cc(CNC2(C)CC(OC3C(Oc4c5cc6cc4Oc4ccc(cc4Cl)C(O)C4NC(=O)C(NC(=O)C6NC(=O)C(CC(N)=O)NC(=O)C(NC(=O)C(CC(C)C)NC)C(O)c6ccc(c(Cl)c6)O5)c5ccc(O)c(c5)-c5c(O)cc(O)cc5C(C(=O)O)NC4=O)OC(CO)C(O)C3O)OC(C)C2O)ccc1OCCCC. The number of primary amides is 1. The summed E-state index contributed by atoms with van der Waals surface area (Å²) in [5.41, 5.74) is 2.34. The average Bonchev–Trinajstić information content (AvgIpc) is 0.766. The number of hydrogen-bond donors (Lipinski definition) is 19. The molecule has 6 aromatic rings. The predicted octanol–water partition coefficient (Wildman–Crippen LogP) is 4.07. The van der Waals surface area contributed by atoms with Crippen molar-refractivity contribution >= 4 is 70.5 Å². The van der Waals surface area contributed by atoms with Crippen LogP contribution in [-0.4, -0.2) is 204 Å². The Morgan fingerprint density at radius 2 is 1.36 bits per heavy atom. The zero-order chi connectivity index (χ0) is 85.5. The van der Waals surface area contributed by atoms with Crippen LogP contribution in [0.15, 0.2) is 110 Å². The van der Waals surface area contributed by atoms with Gasteiger partial charge in [0.05, 0.1) is 54.5 Å². The fourth-order valence-electron chi connectivity index (χ4n) is 14.4. The molecule has 7 aliphatic heterocycles. The van der Waals surface area contributed by atoms with Crippen molar-refractivity contribution in [3.05, 3.63) is 153 Å². The Morgan fingerprint density at radius 3 is 1.99 bits per heavy atom. The van der Waals surface area contributed by atoms with E-state index in [1.807, 2.05) is 26.8 Å². The van der Waals surface area contributed by atoms with Crippen LogP contribution in [0.5, 0.6) is 57.5 Å². The molecule has 7 heterocycles. The Balaban J connectivity index is 1.10. The van der Waals surface area contributed by atoms with Gasteiger partial charge in [0, 0.05) is 41.3 Å². The molecule has 2 fully saturated rings. The molecule has 11 bridgehead atoms. The molecule has 7 amide bonds. The van der Waals surface area contributed by atoms with Gasteiger partial charge in [-0.15, -0.1) is 6.58 Å². The number of hydrogen-bond acceptors (Lipinski definition) is 27. The summed E-state index contributed by atoms with van der Waals surface area (Å²) >= 11 is 14.3. The molecular weight excluding hydrogens is 1590 g/mol. The number of fused-ring (bicyclic) bond motifs is 15. The second-order valence-corrected chi connectivity index (χ2v) is 30.7. The number of halogens is 2. The van der Waals surface area contributed by atoms with E-state index in [2.05, 4.69) is 49.1 Å². The number of carboxylic acid groups (broad SMARTS) is 1. The van der Waals surface area contributed by atoms with Crippen LogP contribution in [0.1, 0.15) is 137 Å². The van der Waals surface area contributed by atoms with Crippen molar-refractivity contribution in [2.24, 2.45) is 11.7 Å². The van der Waals surface area contributed by atoms with Crippen LogP contribution in [-0.2, 0) is 59.1 Å². The second-order valence-electron chi connectivity index (χ2n) is 29.9. The lowest BCUT2D eigenvalue weighted by Crippen LogP contribution is -2.65. The van der Waals surface area contributed by atoms with Gasteiger partial charge in [0.2, 0.25) is 53.4 Å². The summed E-state index contributed by atoms with van der Waals surface area (Å²) in [5, 5.41) is 137. The highest BCUT2D eigenvalue weighted by atomic mass is 35.5. The minimum atomic E-state index is -2.37. The van der Waals surface area contributed by atoms with E-state index >= 15 is 14.4 Å². The van der Waals surface area contributed by atoms with Crippen molar-refractivity contribution in [1.82, 2.24) is 42.5 Å². The third kappa shape index (κ3) is 19.9. The molecule has 6 aromatic carbocycles. The van der Waals surface area contributed by atoms with Gasteiger partial charge >= 0.3 is 5.97 Å². The smallest absolute Gasteiger partial charge is 0.330 e. The molecule has 20 N–H and O–H groups in total. The lowest BCUT2D eigenvalue weighted by Gasteiger charge is -2.48. The number of unbranched alkanes of at least 4 members (excludes halogenated alkanes) is 1. The summed E-state index contributed by atoms with van der Waals surface area (Å²) in [7, 11) is 1.48. The summed E-state index contributed by atoms with van der Waals surface area (Å²) < 4.78 is 51.7. The van der Waals surface area contributed by atoms with Crippen LogP contribution in [0.3, 0.4) is 0 Å². The summed E-state index contributed by atoms with van der Waals surface area (Å²) in [6.07, 6.45) is -14.9. The van der Waals surface area contributed by atoms with Gasteiger partial charge in [0.25, 0.3) is 0 Å². The molecule has 118 heavy (non-hydrogen) atoms. The molecule has 37 heteroatoms. The predicted molar refractivity (Wildman–Crippen MR) is 419 cm³/mol. The van der Waals surface area contributed by atoms with Crippen LogP contribution in [0.25, 0.3) is 11.1 Å². The van der Waals surface area contributed by atoms with Gasteiger partial charge < -0.3 is 137 Å². The van der Waals surface area contributed by atoms with Gasteiger partial charge in [-0.3, -0.25) is 33.6 Å². The molecule has 0 aromatic heterocycles. The molecule has 18 unspecified atom stereocenters. The van der Waals surface area contributed by atoms with Crippen LogP contribution in [0.2, 0.25) is 10.0 Å². The fourth-order valence-corrected chi connectivity index (χ4v) is 14.9. The molecule has 13 rings (SSSR count). The number of aromatic hydroxyl groups is 3. The first-order valence-electron chi connectivity index (χ1n) is 38.0. The third-order valence-corrected chi connectivity index (χ3v) is 21.4. The first kappa shape index (κ1) is 88.2. The fraction of sp³-hybridized carbons (Fsp3) is 0.432. The molecule has 0 radical (unpaired) electrons. The van der Waals surface area contributed by atoms with Crippen LogP contribution >= 0.6 is 23.2 Å². The maximum Gasteiger partial charge on any atom is 0.330 e. The minimum Gasteiger partial charge on any atom is -0.508 e. The summed E-state index contributed by atoms with van der Waals surface area (Å²) in [6, 6.07) is 4.71. The van der Waals surface area contributed by atoms with E-state index in [4.69, 9.17) is 66.8 Å². The van der Waals surface area contributed by atoms with Crippen LogP contribution < -0.4 is 72.0 Å². The number of nitrogens with one attached hydrogen (secondary N) is 8. The zero-order valence-corrected chi connectivity index (χ0v) is 66.3. The molecule has 18 atom stereocenters. The minimum absolute atomic E-state index is 0.109. The number of carbonyl (C=O) groups is 8. The number of likely N-dealkylation sites (N-methyl/N-ethyl adjacent to an activating group) is 1. The van der Waals surface area contributed by atoms with E-state index in [1.54, 1.807) is 32.1 Å². The maximum absolute atomic E-state index is 16.2. The highest BCUT2D eigenvalue weighted by Crippen LogP contribution is 2.50. The van der Waals surface area contributed by atoms with Gasteiger partial charge in [-0.1, -0.05) is 80.7 Å². The quantitative estimate of drug-likeness (QED) is 0.0300. The Hall–Kier alpha value is -10.6. The number of nitrogens with two attached hydrogens (primary N) is 1. The van der Waals surface area contributed by atoms with Crippen LogP contribution in [0, 0.1) is 5.92 Å². The van der Waals surface area contributed by atoms with Crippen molar-refractivity contribution in [3.8, 4) is 68.6 Å². The molecule has 0 spiro atoms. The van der Waals surface area contributed by atoms with E-state index in [-0.39, 0.29) is 52.8 Å². The van der Waals surface area contributed by atoms with E-state index < -0.39 is 237 Å². The maximum atomic E-state index is 16.2. The first-order valence-corrected chi connectivity index (χ1v) is 38.8. The zero-order valence-electron chi connectivity index (χ0n) is 64.8. The lowest BCUT2D eigenvalue weighted by atomic mass is 9.84. The first-order chi connectivity index (χ1) is 56.1. The lowest BCUT2D eigenvalue weighted by molar-refractivity contribution is -0.334. The molecule has 35 nitrogen and oxygen atoms in total. The summed E-state index contributed by atoms with van der Waals surface area (Å²) in [6.45, 7) is 12.6. The highest BCUT2D eigenvalue weighted by molar-refractivity contribution is 6.32. The summed E-state index contributed by atoms with van der Waals surface area (Å²) in [4.78, 5) is 118. The number of carboxylic acids is 1. The molecular formula is C81H95Cl2N9O26. The number of carbonyl (C=O) groups excluding carboxylic acids is 7. The normalized spacial score (nSPS) is 26.8. The highest BCUT2D eigenvalue weighted by Gasteiger charge is 2.52. The van der Waals surface area contributed by atoms with Crippen LogP contribution in [0.4, 0.5) is 0 Å². The number of phenolic OH excluding ortho intramolecular Hbond substituents is 3. The van der Waals surface area contributed by atoms with Crippen molar-refractivity contribution in [3.63, 3.8) is 0 Å². The standard InChI is InChI=1S/C81H95Cl2N9O26/c1-8-10-20-111-53-17-12-37(23-54(53)112-21-11-9-2)33-86-81(6)32-59(113-36(5)72(81)102)117-71-69(101)68(100)57(34-93)116-80(71)118-70-55-27-41-28-56(70)115-52-19-15-40(26-46(52)83)67(99)65-78(108)90-63(79(109)110)44-29-42(94)30-50(96)60(44)43-24-38(13-16-49(43)95)61(75(105)92-65)89-76(106)62(41)88-74(104)48(31-58(84)97)87-77(107)64(91-73(103)47(85-7)22-35(3)4)66(98)39-14-18-51(114-55)45(82)25-39/h9,12-19,23-30,35-36,47-48,57,59,61-69,71-72,80,85-86,93-96,98-102H,2,8,10-11,20-22,31-34H2,1,3-7H3,(H2,84,97)(H,87,107)(H,88,104)(H,89,106)(H,90,108)(H,91,103)(H,92,105)(H,109,110). The van der Waals surface area contributed by atoms with E-state index in [9.17, 15) is 75.0 Å². The Bertz CT molecular complexity index is 4770. The molecule has 634 valence electrons.